The summed E-state index contributed by atoms with van der Waals surface area (Å²) >= 11 is 6.01. The van der Waals surface area contributed by atoms with E-state index in [2.05, 4.69) is 17.2 Å². The average molecular weight is 296 g/mol. The number of amides is 1. The zero-order valence-electron chi connectivity index (χ0n) is 12.2. The highest BCUT2D eigenvalue weighted by Gasteiger charge is 2.32. The van der Waals surface area contributed by atoms with E-state index in [9.17, 15) is 4.79 Å². The largest absolute Gasteiger partial charge is 0.370 e. The van der Waals surface area contributed by atoms with Crippen molar-refractivity contribution >= 4 is 23.3 Å². The number of unbranched alkanes of at least 4 members (excludes halogenated alkanes) is 1. The van der Waals surface area contributed by atoms with E-state index in [1.807, 2.05) is 11.8 Å². The van der Waals surface area contributed by atoms with Crippen LogP contribution in [0.4, 0.5) is 5.82 Å². The summed E-state index contributed by atoms with van der Waals surface area (Å²) in [7, 11) is 0. The maximum atomic E-state index is 12.7. The Hall–Kier alpha value is -1.29. The van der Waals surface area contributed by atoms with E-state index < -0.39 is 0 Å². The van der Waals surface area contributed by atoms with Gasteiger partial charge in [0.15, 0.2) is 0 Å². The van der Waals surface area contributed by atoms with Gasteiger partial charge >= 0.3 is 0 Å². The molecular weight excluding hydrogens is 274 g/mol. The molecule has 0 radical (unpaired) electrons. The SMILES string of the molecule is CCCCN(C(=O)c1cc(Cl)nc(NCC)c1)C1CC1. The molecule has 1 fully saturated rings. The number of carbonyl (C=O) groups is 1. The van der Waals surface area contributed by atoms with Gasteiger partial charge in [-0.3, -0.25) is 4.79 Å². The Bertz CT molecular complexity index is 474. The number of carbonyl (C=O) groups excluding carboxylic acids is 1. The first-order valence-corrected chi connectivity index (χ1v) is 7.76. The number of aromatic nitrogens is 1. The molecule has 1 heterocycles. The van der Waals surface area contributed by atoms with Crippen molar-refractivity contribution in [1.29, 1.82) is 0 Å². The van der Waals surface area contributed by atoms with Crippen LogP contribution >= 0.6 is 11.6 Å². The summed E-state index contributed by atoms with van der Waals surface area (Å²) in [5, 5.41) is 3.46. The Kier molecular flexibility index (Phi) is 5.24. The number of hydrogen-bond acceptors (Lipinski definition) is 3. The lowest BCUT2D eigenvalue weighted by atomic mass is 10.2. The first-order valence-electron chi connectivity index (χ1n) is 7.38. The van der Waals surface area contributed by atoms with Gasteiger partial charge in [-0.1, -0.05) is 24.9 Å². The first-order chi connectivity index (χ1) is 9.65. The third-order valence-electron chi connectivity index (χ3n) is 3.40. The van der Waals surface area contributed by atoms with E-state index in [0.29, 0.717) is 22.6 Å². The summed E-state index contributed by atoms with van der Waals surface area (Å²) in [6, 6.07) is 3.87. The molecule has 0 unspecified atom stereocenters. The monoisotopic (exact) mass is 295 g/mol. The predicted molar refractivity (Wildman–Crippen MR) is 82.4 cm³/mol. The van der Waals surface area contributed by atoms with E-state index in [-0.39, 0.29) is 5.91 Å². The predicted octanol–water partition coefficient (Wildman–Crippen LogP) is 3.57. The molecule has 0 aliphatic heterocycles. The van der Waals surface area contributed by atoms with Crippen LogP contribution in [0.25, 0.3) is 0 Å². The Morgan fingerprint density at radius 3 is 2.80 bits per heavy atom. The lowest BCUT2D eigenvalue weighted by molar-refractivity contribution is 0.0740. The average Bonchev–Trinajstić information content (AvgIpc) is 3.23. The van der Waals surface area contributed by atoms with Crippen LogP contribution in [0.15, 0.2) is 12.1 Å². The number of halogens is 1. The van der Waals surface area contributed by atoms with Crippen LogP contribution in [0.5, 0.6) is 0 Å². The topological polar surface area (TPSA) is 45.2 Å². The second-order valence-corrected chi connectivity index (χ2v) is 5.56. The minimum atomic E-state index is 0.0735. The third-order valence-corrected chi connectivity index (χ3v) is 3.59. The number of rotatable bonds is 7. The normalized spacial score (nSPS) is 14.2. The van der Waals surface area contributed by atoms with Crippen molar-refractivity contribution in [1.82, 2.24) is 9.88 Å². The number of nitrogens with zero attached hydrogens (tertiary/aromatic N) is 2. The van der Waals surface area contributed by atoms with Crippen molar-refractivity contribution in [2.24, 2.45) is 0 Å². The van der Waals surface area contributed by atoms with Crippen LogP contribution in [0.2, 0.25) is 5.15 Å². The Labute approximate surface area is 125 Å². The lowest BCUT2D eigenvalue weighted by Gasteiger charge is -2.22. The zero-order valence-corrected chi connectivity index (χ0v) is 12.9. The quantitative estimate of drug-likeness (QED) is 0.782. The fourth-order valence-corrected chi connectivity index (χ4v) is 2.43. The maximum Gasteiger partial charge on any atom is 0.254 e. The van der Waals surface area contributed by atoms with Gasteiger partial charge in [-0.05, 0) is 38.3 Å². The number of anilines is 1. The first kappa shape index (κ1) is 15.1. The van der Waals surface area contributed by atoms with E-state index in [1.54, 1.807) is 12.1 Å². The highest BCUT2D eigenvalue weighted by atomic mass is 35.5. The second kappa shape index (κ2) is 6.93. The van der Waals surface area contributed by atoms with Gasteiger partial charge in [0.2, 0.25) is 0 Å². The molecule has 5 heteroatoms. The van der Waals surface area contributed by atoms with Crippen LogP contribution in [0, 0.1) is 0 Å². The Balaban J connectivity index is 2.17. The Morgan fingerprint density at radius 2 is 2.20 bits per heavy atom. The van der Waals surface area contributed by atoms with Crippen LogP contribution in [0.1, 0.15) is 49.9 Å². The third kappa shape index (κ3) is 3.85. The molecule has 0 aromatic carbocycles. The summed E-state index contributed by atoms with van der Waals surface area (Å²) in [5.74, 6) is 0.735. The molecule has 1 aromatic heterocycles. The van der Waals surface area contributed by atoms with Crippen LogP contribution in [-0.2, 0) is 0 Å². The van der Waals surface area contributed by atoms with Crippen LogP contribution in [-0.4, -0.2) is 34.9 Å². The molecule has 110 valence electrons. The molecule has 0 spiro atoms. The van der Waals surface area contributed by atoms with Crippen LogP contribution in [0.3, 0.4) is 0 Å². The Morgan fingerprint density at radius 1 is 1.45 bits per heavy atom. The highest BCUT2D eigenvalue weighted by Crippen LogP contribution is 2.29. The highest BCUT2D eigenvalue weighted by molar-refractivity contribution is 6.29. The van der Waals surface area contributed by atoms with Gasteiger partial charge in [0.1, 0.15) is 11.0 Å². The summed E-state index contributed by atoms with van der Waals surface area (Å²) in [6.45, 7) is 5.71. The van der Waals surface area contributed by atoms with E-state index in [4.69, 9.17) is 11.6 Å². The van der Waals surface area contributed by atoms with Crippen molar-refractivity contribution < 1.29 is 4.79 Å². The fraction of sp³-hybridized carbons (Fsp3) is 0.600. The molecule has 2 rings (SSSR count). The van der Waals surface area contributed by atoms with Gasteiger partial charge in [0.05, 0.1) is 0 Å². The van der Waals surface area contributed by atoms with Gasteiger partial charge in [-0.25, -0.2) is 4.98 Å². The molecule has 1 aromatic rings. The van der Waals surface area contributed by atoms with Crippen molar-refractivity contribution in [3.63, 3.8) is 0 Å². The van der Waals surface area contributed by atoms with Gasteiger partial charge in [-0.2, -0.15) is 0 Å². The molecule has 1 amide bonds. The van der Waals surface area contributed by atoms with E-state index >= 15 is 0 Å². The molecule has 1 saturated carbocycles. The minimum absolute atomic E-state index is 0.0735. The number of pyridine rings is 1. The molecular formula is C15H22ClN3O. The van der Waals surface area contributed by atoms with Gasteiger partial charge in [0, 0.05) is 24.7 Å². The molecule has 1 aliphatic carbocycles. The van der Waals surface area contributed by atoms with E-state index in [1.165, 1.54) is 0 Å². The molecule has 1 N–H and O–H groups in total. The molecule has 0 atom stereocenters. The van der Waals surface area contributed by atoms with Gasteiger partial charge in [0.25, 0.3) is 5.91 Å². The summed E-state index contributed by atoms with van der Waals surface area (Å²) in [5.41, 5.74) is 0.629. The summed E-state index contributed by atoms with van der Waals surface area (Å²) in [6.07, 6.45) is 4.38. The van der Waals surface area contributed by atoms with Crippen LogP contribution < -0.4 is 5.32 Å². The summed E-state index contributed by atoms with van der Waals surface area (Å²) in [4.78, 5) is 18.8. The minimum Gasteiger partial charge on any atom is -0.370 e. The lowest BCUT2D eigenvalue weighted by Crippen LogP contribution is -2.34. The van der Waals surface area contributed by atoms with Crippen molar-refractivity contribution in [3.05, 3.63) is 22.8 Å². The number of hydrogen-bond donors (Lipinski definition) is 1. The molecule has 4 nitrogen and oxygen atoms in total. The molecule has 1 aliphatic rings. The van der Waals surface area contributed by atoms with Crippen molar-refractivity contribution in [2.75, 3.05) is 18.4 Å². The molecule has 0 bridgehead atoms. The van der Waals surface area contributed by atoms with E-state index in [0.717, 1.165) is 38.8 Å². The van der Waals surface area contributed by atoms with Crippen molar-refractivity contribution in [2.45, 2.75) is 45.6 Å². The maximum absolute atomic E-state index is 12.7. The smallest absolute Gasteiger partial charge is 0.254 e. The van der Waals surface area contributed by atoms with Gasteiger partial charge < -0.3 is 10.2 Å². The summed E-state index contributed by atoms with van der Waals surface area (Å²) < 4.78 is 0. The fourth-order valence-electron chi connectivity index (χ4n) is 2.22. The molecule has 0 saturated heterocycles. The molecule has 20 heavy (non-hydrogen) atoms. The van der Waals surface area contributed by atoms with Gasteiger partial charge in [-0.15, -0.1) is 0 Å². The standard InChI is InChI=1S/C15H22ClN3O/c1-3-5-8-19(12-6-7-12)15(20)11-9-13(16)18-14(10-11)17-4-2/h9-10,12H,3-8H2,1-2H3,(H,17,18). The zero-order chi connectivity index (χ0) is 14.5. The second-order valence-electron chi connectivity index (χ2n) is 5.18. The van der Waals surface area contributed by atoms with Crippen molar-refractivity contribution in [3.8, 4) is 0 Å². The number of nitrogens with one attached hydrogen (secondary N) is 1.